The molecule has 1 aromatic rings. The fraction of sp³-hybridized carbons (Fsp3) is 0.500. The van der Waals surface area contributed by atoms with E-state index in [1.807, 2.05) is 0 Å². The van der Waals surface area contributed by atoms with Gasteiger partial charge in [-0.2, -0.15) is 0 Å². The third-order valence-corrected chi connectivity index (χ3v) is 4.07. The largest absolute Gasteiger partial charge is 0.330 e. The molecule has 0 unspecified atom stereocenters. The van der Waals surface area contributed by atoms with Crippen molar-refractivity contribution in [3.05, 3.63) is 34.6 Å². The van der Waals surface area contributed by atoms with E-state index >= 15 is 0 Å². The van der Waals surface area contributed by atoms with Crippen molar-refractivity contribution in [3.8, 4) is 0 Å². The second-order valence-electron chi connectivity index (χ2n) is 4.94. The van der Waals surface area contributed by atoms with Crippen molar-refractivity contribution in [1.82, 2.24) is 0 Å². The van der Waals surface area contributed by atoms with E-state index in [1.54, 1.807) is 0 Å². The molecular weight excluding hydrogens is 253 g/mol. The summed E-state index contributed by atoms with van der Waals surface area (Å²) in [4.78, 5) is 12.3. The Morgan fingerprint density at radius 3 is 2.61 bits per heavy atom. The maximum absolute atomic E-state index is 13.2. The monoisotopic (exact) mass is 269 g/mol. The Morgan fingerprint density at radius 2 is 2.00 bits per heavy atom. The van der Waals surface area contributed by atoms with E-state index in [-0.39, 0.29) is 11.7 Å². The predicted molar refractivity (Wildman–Crippen MR) is 70.2 cm³/mol. The molecule has 0 bridgehead atoms. The molecule has 0 radical (unpaired) electrons. The molecule has 2 rings (SSSR count). The van der Waals surface area contributed by atoms with E-state index in [4.69, 9.17) is 17.3 Å². The number of halogens is 2. The average molecular weight is 270 g/mol. The van der Waals surface area contributed by atoms with Crippen molar-refractivity contribution in [2.75, 3.05) is 6.54 Å². The molecule has 1 aliphatic rings. The summed E-state index contributed by atoms with van der Waals surface area (Å²) in [7, 11) is 0. The number of hydrogen-bond acceptors (Lipinski definition) is 2. The molecule has 0 spiro atoms. The van der Waals surface area contributed by atoms with Crippen molar-refractivity contribution >= 4 is 17.4 Å². The summed E-state index contributed by atoms with van der Waals surface area (Å²) < 4.78 is 13.2. The number of hydrogen-bond donors (Lipinski definition) is 1. The zero-order valence-corrected chi connectivity index (χ0v) is 10.9. The summed E-state index contributed by atoms with van der Waals surface area (Å²) in [6, 6.07) is 3.94. The van der Waals surface area contributed by atoms with Crippen LogP contribution in [0.1, 0.15) is 36.0 Å². The molecule has 1 aromatic carbocycles. The summed E-state index contributed by atoms with van der Waals surface area (Å²) in [5.41, 5.74) is 5.94. The van der Waals surface area contributed by atoms with Crippen molar-refractivity contribution in [1.29, 1.82) is 0 Å². The zero-order chi connectivity index (χ0) is 13.1. The first-order valence-corrected chi connectivity index (χ1v) is 6.69. The summed E-state index contributed by atoms with van der Waals surface area (Å²) >= 11 is 5.96. The Morgan fingerprint density at radius 1 is 1.33 bits per heavy atom. The predicted octanol–water partition coefficient (Wildman–Crippen LogP) is 3.43. The molecule has 2 N–H and O–H groups in total. The Kier molecular flexibility index (Phi) is 4.36. The second-order valence-corrected chi connectivity index (χ2v) is 5.35. The van der Waals surface area contributed by atoms with Gasteiger partial charge in [0.1, 0.15) is 5.82 Å². The first kappa shape index (κ1) is 13.5. The van der Waals surface area contributed by atoms with Gasteiger partial charge in [-0.25, -0.2) is 4.39 Å². The molecule has 0 atom stereocenters. The molecule has 0 aliphatic heterocycles. The molecule has 0 aromatic heterocycles. The maximum Gasteiger partial charge on any atom is 0.167 e. The van der Waals surface area contributed by atoms with E-state index < -0.39 is 5.82 Å². The van der Waals surface area contributed by atoms with Gasteiger partial charge in [0, 0.05) is 11.5 Å². The number of carbonyl (C=O) groups is 1. The molecule has 98 valence electrons. The number of nitrogens with two attached hydrogens (primary N) is 1. The quantitative estimate of drug-likeness (QED) is 0.855. The molecule has 1 fully saturated rings. The fourth-order valence-electron chi connectivity index (χ4n) is 2.57. The molecule has 0 amide bonds. The van der Waals surface area contributed by atoms with E-state index in [2.05, 4.69) is 0 Å². The standard InChI is InChI=1S/C14H17ClFNO/c15-13-6-5-11(16)7-12(13)14(18)10-3-1-9(8-17)2-4-10/h5-7,9-10H,1-4,8,17H2. The van der Waals surface area contributed by atoms with E-state index in [0.29, 0.717) is 23.0 Å². The summed E-state index contributed by atoms with van der Waals surface area (Å²) in [6.45, 7) is 0.682. The van der Waals surface area contributed by atoms with Gasteiger partial charge in [0.15, 0.2) is 5.78 Å². The Bertz CT molecular complexity index is 441. The molecule has 1 aliphatic carbocycles. The van der Waals surface area contributed by atoms with Gasteiger partial charge in [-0.1, -0.05) is 11.6 Å². The number of Topliss-reactive ketones (excluding diaryl/α,β-unsaturated/α-hetero) is 1. The van der Waals surface area contributed by atoms with Crippen LogP contribution in [0.15, 0.2) is 18.2 Å². The minimum Gasteiger partial charge on any atom is -0.330 e. The Labute approximate surface area is 111 Å². The molecule has 2 nitrogen and oxygen atoms in total. The first-order valence-electron chi connectivity index (χ1n) is 6.31. The topological polar surface area (TPSA) is 43.1 Å². The van der Waals surface area contributed by atoms with Crippen molar-refractivity contribution < 1.29 is 9.18 Å². The van der Waals surface area contributed by atoms with Crippen LogP contribution in [0.3, 0.4) is 0 Å². The summed E-state index contributed by atoms with van der Waals surface area (Å²) in [5, 5.41) is 0.336. The highest BCUT2D eigenvalue weighted by molar-refractivity contribution is 6.34. The lowest BCUT2D eigenvalue weighted by Crippen LogP contribution is -2.26. The summed E-state index contributed by atoms with van der Waals surface area (Å²) in [6.07, 6.45) is 3.60. The molecule has 1 saturated carbocycles. The number of rotatable bonds is 3. The van der Waals surface area contributed by atoms with Crippen LogP contribution in [0.2, 0.25) is 5.02 Å². The fourth-order valence-corrected chi connectivity index (χ4v) is 2.78. The average Bonchev–Trinajstić information content (AvgIpc) is 2.41. The van der Waals surface area contributed by atoms with Crippen LogP contribution in [0.5, 0.6) is 0 Å². The van der Waals surface area contributed by atoms with Crippen molar-refractivity contribution in [3.63, 3.8) is 0 Å². The zero-order valence-electron chi connectivity index (χ0n) is 10.2. The van der Waals surface area contributed by atoms with Crippen LogP contribution >= 0.6 is 11.6 Å². The normalized spacial score (nSPS) is 23.9. The highest BCUT2D eigenvalue weighted by atomic mass is 35.5. The van der Waals surface area contributed by atoms with Gasteiger partial charge in [-0.3, -0.25) is 4.79 Å². The van der Waals surface area contributed by atoms with Gasteiger partial charge in [0.05, 0.1) is 5.02 Å². The van der Waals surface area contributed by atoms with Crippen LogP contribution in [0.4, 0.5) is 4.39 Å². The van der Waals surface area contributed by atoms with E-state index in [1.165, 1.54) is 18.2 Å². The van der Waals surface area contributed by atoms with E-state index in [9.17, 15) is 9.18 Å². The Hall–Kier alpha value is -0.930. The lowest BCUT2D eigenvalue weighted by Gasteiger charge is -2.26. The lowest BCUT2D eigenvalue weighted by atomic mass is 9.78. The highest BCUT2D eigenvalue weighted by Crippen LogP contribution is 2.32. The highest BCUT2D eigenvalue weighted by Gasteiger charge is 2.27. The molecule has 4 heteroatoms. The van der Waals surface area contributed by atoms with Crippen molar-refractivity contribution in [2.45, 2.75) is 25.7 Å². The SMILES string of the molecule is NCC1CCC(C(=O)c2cc(F)ccc2Cl)CC1. The minimum absolute atomic E-state index is 0.0324. The third kappa shape index (κ3) is 2.90. The van der Waals surface area contributed by atoms with Crippen LogP contribution in [0, 0.1) is 17.7 Å². The van der Waals surface area contributed by atoms with Gasteiger partial charge in [0.2, 0.25) is 0 Å². The smallest absolute Gasteiger partial charge is 0.167 e. The third-order valence-electron chi connectivity index (χ3n) is 3.74. The molecule has 0 heterocycles. The molecular formula is C14H17ClFNO. The van der Waals surface area contributed by atoms with E-state index in [0.717, 1.165) is 25.7 Å². The van der Waals surface area contributed by atoms with Crippen LogP contribution in [-0.4, -0.2) is 12.3 Å². The Balaban J connectivity index is 2.10. The minimum atomic E-state index is -0.418. The summed E-state index contributed by atoms with van der Waals surface area (Å²) in [5.74, 6) is 0.0393. The number of benzene rings is 1. The second kappa shape index (κ2) is 5.81. The maximum atomic E-state index is 13.2. The lowest BCUT2D eigenvalue weighted by molar-refractivity contribution is 0.0873. The number of ketones is 1. The van der Waals surface area contributed by atoms with Gasteiger partial charge >= 0.3 is 0 Å². The van der Waals surface area contributed by atoms with Gasteiger partial charge in [0.25, 0.3) is 0 Å². The first-order chi connectivity index (χ1) is 8.61. The number of carbonyl (C=O) groups excluding carboxylic acids is 1. The van der Waals surface area contributed by atoms with Gasteiger partial charge < -0.3 is 5.73 Å². The van der Waals surface area contributed by atoms with Crippen LogP contribution in [-0.2, 0) is 0 Å². The van der Waals surface area contributed by atoms with Gasteiger partial charge in [-0.15, -0.1) is 0 Å². The molecule has 18 heavy (non-hydrogen) atoms. The molecule has 0 saturated heterocycles. The van der Waals surface area contributed by atoms with Crippen LogP contribution in [0.25, 0.3) is 0 Å². The van der Waals surface area contributed by atoms with Crippen LogP contribution < -0.4 is 5.73 Å². The van der Waals surface area contributed by atoms with Gasteiger partial charge in [-0.05, 0) is 56.3 Å². The van der Waals surface area contributed by atoms with Crippen molar-refractivity contribution in [2.24, 2.45) is 17.6 Å².